The van der Waals surface area contributed by atoms with E-state index in [9.17, 15) is 9.59 Å². The number of carbonyl (C=O) groups excluding carboxylic acids is 2. The molecule has 4 saturated carbocycles. The highest BCUT2D eigenvalue weighted by atomic mass is 16.6. The van der Waals surface area contributed by atoms with E-state index < -0.39 is 12.1 Å². The molecule has 0 aromatic heterocycles. The number of amides is 1. The summed E-state index contributed by atoms with van der Waals surface area (Å²) < 4.78 is 10.6. The number of rotatable bonds is 6. The number of nitriles is 1. The fourth-order valence-corrected chi connectivity index (χ4v) is 5.73. The Kier molecular flexibility index (Phi) is 5.01. The zero-order valence-electron chi connectivity index (χ0n) is 16.1. The zero-order valence-corrected chi connectivity index (χ0v) is 16.1. The van der Waals surface area contributed by atoms with E-state index in [0.717, 1.165) is 37.0 Å². The predicted molar refractivity (Wildman–Crippen MR) is 101 cm³/mol. The van der Waals surface area contributed by atoms with Crippen molar-refractivity contribution in [2.75, 3.05) is 6.61 Å². The number of nitrogens with one attached hydrogen (secondary N) is 1. The van der Waals surface area contributed by atoms with Crippen LogP contribution in [0.2, 0.25) is 0 Å². The quantitative estimate of drug-likeness (QED) is 0.764. The fraction of sp³-hybridized carbons (Fsp3) is 0.591. The minimum absolute atomic E-state index is 0.102. The molecule has 0 radical (unpaired) electrons. The van der Waals surface area contributed by atoms with Crippen LogP contribution in [0.5, 0.6) is 5.75 Å². The lowest BCUT2D eigenvalue weighted by atomic mass is 9.53. The van der Waals surface area contributed by atoms with Crippen molar-refractivity contribution in [2.45, 2.75) is 57.1 Å². The molecule has 1 aromatic carbocycles. The van der Waals surface area contributed by atoms with Gasteiger partial charge in [0.25, 0.3) is 5.91 Å². The van der Waals surface area contributed by atoms with Gasteiger partial charge >= 0.3 is 5.97 Å². The normalized spacial score (nSPS) is 30.9. The summed E-state index contributed by atoms with van der Waals surface area (Å²) in [4.78, 5) is 24.8. The van der Waals surface area contributed by atoms with Crippen molar-refractivity contribution in [1.82, 2.24) is 5.32 Å². The largest absolute Gasteiger partial charge is 0.481 e. The molecule has 4 bridgehead atoms. The Morgan fingerprint density at radius 1 is 1.18 bits per heavy atom. The van der Waals surface area contributed by atoms with Gasteiger partial charge in [-0.1, -0.05) is 12.1 Å². The van der Waals surface area contributed by atoms with Gasteiger partial charge in [0.1, 0.15) is 11.8 Å². The molecule has 1 aromatic rings. The van der Waals surface area contributed by atoms with E-state index in [-0.39, 0.29) is 18.1 Å². The van der Waals surface area contributed by atoms with Crippen LogP contribution in [-0.2, 0) is 14.3 Å². The van der Waals surface area contributed by atoms with Gasteiger partial charge in [-0.05, 0) is 75.3 Å². The van der Waals surface area contributed by atoms with Crippen molar-refractivity contribution in [3.63, 3.8) is 0 Å². The van der Waals surface area contributed by atoms with Gasteiger partial charge < -0.3 is 14.8 Å². The summed E-state index contributed by atoms with van der Waals surface area (Å²) in [7, 11) is 0. The molecule has 0 aliphatic heterocycles. The zero-order chi connectivity index (χ0) is 19.7. The van der Waals surface area contributed by atoms with Crippen LogP contribution < -0.4 is 10.1 Å². The molecule has 28 heavy (non-hydrogen) atoms. The van der Waals surface area contributed by atoms with Gasteiger partial charge in [0.15, 0.2) is 12.7 Å². The first kappa shape index (κ1) is 18.8. The third-order valence-electron chi connectivity index (χ3n) is 6.46. The second-order valence-corrected chi connectivity index (χ2v) is 8.72. The van der Waals surface area contributed by atoms with Gasteiger partial charge in [-0.15, -0.1) is 0 Å². The fourth-order valence-electron chi connectivity index (χ4n) is 5.73. The molecule has 1 amide bonds. The number of para-hydroxylation sites is 1. The Morgan fingerprint density at radius 2 is 1.79 bits per heavy atom. The molecule has 1 N–H and O–H groups in total. The maximum Gasteiger partial charge on any atom is 0.344 e. The van der Waals surface area contributed by atoms with E-state index in [4.69, 9.17) is 14.7 Å². The molecule has 4 aliphatic rings. The van der Waals surface area contributed by atoms with Gasteiger partial charge in [0, 0.05) is 5.54 Å². The van der Waals surface area contributed by atoms with Crippen LogP contribution in [0.4, 0.5) is 0 Å². The Balaban J connectivity index is 1.29. The van der Waals surface area contributed by atoms with Crippen molar-refractivity contribution < 1.29 is 19.1 Å². The lowest BCUT2D eigenvalue weighted by molar-refractivity contribution is -0.158. The number of nitrogens with zero attached hydrogens (tertiary/aromatic N) is 1. The highest BCUT2D eigenvalue weighted by Crippen LogP contribution is 2.55. The molecule has 6 nitrogen and oxygen atoms in total. The van der Waals surface area contributed by atoms with Crippen LogP contribution >= 0.6 is 0 Å². The van der Waals surface area contributed by atoms with Crippen LogP contribution in [0.1, 0.15) is 51.0 Å². The van der Waals surface area contributed by atoms with E-state index in [1.165, 1.54) is 19.3 Å². The van der Waals surface area contributed by atoms with Gasteiger partial charge in [-0.2, -0.15) is 5.26 Å². The number of carbonyl (C=O) groups is 2. The van der Waals surface area contributed by atoms with E-state index >= 15 is 0 Å². The molecule has 0 heterocycles. The Labute approximate surface area is 165 Å². The molecular formula is C22H26N2O4. The molecule has 6 heteroatoms. The molecule has 0 saturated heterocycles. The highest BCUT2D eigenvalue weighted by molar-refractivity contribution is 5.84. The molecule has 1 atom stereocenters. The lowest BCUT2D eigenvalue weighted by Crippen LogP contribution is -2.61. The summed E-state index contributed by atoms with van der Waals surface area (Å²) in [6.45, 7) is 1.25. The molecule has 4 fully saturated rings. The first-order chi connectivity index (χ1) is 13.5. The summed E-state index contributed by atoms with van der Waals surface area (Å²) in [5.74, 6) is 1.68. The standard InChI is InChI=1S/C22H26N2O4/c1-14(28-20(25)13-27-19-5-3-2-4-18(19)12-23)21(26)24-22-9-15-6-16(10-22)8-17(7-15)11-22/h2-5,14-17H,6-11,13H2,1H3,(H,24,26)/t14-,15?,16?,17?,22?/m0/s1. The van der Waals surface area contributed by atoms with E-state index in [1.807, 2.05) is 6.07 Å². The van der Waals surface area contributed by atoms with Gasteiger partial charge in [-0.3, -0.25) is 4.79 Å². The molecule has 4 aliphatic carbocycles. The average Bonchev–Trinajstić information content (AvgIpc) is 2.65. The van der Waals surface area contributed by atoms with E-state index in [1.54, 1.807) is 31.2 Å². The highest BCUT2D eigenvalue weighted by Gasteiger charge is 2.51. The van der Waals surface area contributed by atoms with Crippen molar-refractivity contribution in [3.05, 3.63) is 29.8 Å². The molecule has 0 spiro atoms. The van der Waals surface area contributed by atoms with E-state index in [0.29, 0.717) is 11.3 Å². The van der Waals surface area contributed by atoms with Crippen LogP contribution in [0, 0.1) is 29.1 Å². The summed E-state index contributed by atoms with van der Waals surface area (Å²) in [6.07, 6.45) is 6.22. The molecular weight excluding hydrogens is 356 g/mol. The van der Waals surface area contributed by atoms with Crippen molar-refractivity contribution in [1.29, 1.82) is 5.26 Å². The van der Waals surface area contributed by atoms with Gasteiger partial charge in [-0.25, -0.2) is 4.79 Å². The average molecular weight is 382 g/mol. The molecule has 148 valence electrons. The van der Waals surface area contributed by atoms with Gasteiger partial charge in [0.2, 0.25) is 0 Å². The number of benzene rings is 1. The van der Waals surface area contributed by atoms with Crippen molar-refractivity contribution in [3.8, 4) is 11.8 Å². The topological polar surface area (TPSA) is 88.4 Å². The van der Waals surface area contributed by atoms with Crippen LogP contribution in [0.15, 0.2) is 24.3 Å². The minimum Gasteiger partial charge on any atom is -0.481 e. The number of esters is 1. The summed E-state index contributed by atoms with van der Waals surface area (Å²) in [5, 5.41) is 12.3. The maximum absolute atomic E-state index is 12.7. The monoisotopic (exact) mass is 382 g/mol. The van der Waals surface area contributed by atoms with Crippen molar-refractivity contribution in [2.24, 2.45) is 17.8 Å². The Hall–Kier alpha value is -2.55. The van der Waals surface area contributed by atoms with Crippen LogP contribution in [0.25, 0.3) is 0 Å². The predicted octanol–water partition coefficient (Wildman–Crippen LogP) is 2.95. The number of hydrogen-bond donors (Lipinski definition) is 1. The third kappa shape index (κ3) is 3.84. The summed E-state index contributed by atoms with van der Waals surface area (Å²) in [6, 6.07) is 8.69. The maximum atomic E-state index is 12.7. The Bertz CT molecular complexity index is 778. The van der Waals surface area contributed by atoms with Crippen molar-refractivity contribution >= 4 is 11.9 Å². The van der Waals surface area contributed by atoms with Gasteiger partial charge in [0.05, 0.1) is 5.56 Å². The third-order valence-corrected chi connectivity index (χ3v) is 6.46. The SMILES string of the molecule is C[C@H](OC(=O)COc1ccccc1C#N)C(=O)NC12CC3CC(CC(C3)C1)C2. The smallest absolute Gasteiger partial charge is 0.344 e. The summed E-state index contributed by atoms with van der Waals surface area (Å²) >= 11 is 0. The van der Waals surface area contributed by atoms with Crippen LogP contribution in [-0.4, -0.2) is 30.1 Å². The van der Waals surface area contributed by atoms with Crippen LogP contribution in [0.3, 0.4) is 0 Å². The number of hydrogen-bond acceptors (Lipinski definition) is 5. The Morgan fingerprint density at radius 3 is 2.39 bits per heavy atom. The van der Waals surface area contributed by atoms with E-state index in [2.05, 4.69) is 5.32 Å². The second-order valence-electron chi connectivity index (χ2n) is 8.72. The molecule has 5 rings (SSSR count). The number of ether oxygens (including phenoxy) is 2. The second kappa shape index (κ2) is 7.46. The summed E-state index contributed by atoms with van der Waals surface area (Å²) in [5.41, 5.74) is 0.247. The first-order valence-electron chi connectivity index (χ1n) is 10.1. The lowest BCUT2D eigenvalue weighted by Gasteiger charge is -2.57. The minimum atomic E-state index is -0.865. The molecule has 0 unspecified atom stereocenters. The first-order valence-corrected chi connectivity index (χ1v) is 10.1.